The maximum Gasteiger partial charge on any atom is 0.180 e. The third-order valence-electron chi connectivity index (χ3n) is 2.79. The highest BCUT2D eigenvalue weighted by atomic mass is 35.5. The molecule has 0 saturated carbocycles. The first-order chi connectivity index (χ1) is 8.49. The highest BCUT2D eigenvalue weighted by Gasteiger charge is 2.20. The van der Waals surface area contributed by atoms with Crippen molar-refractivity contribution in [2.24, 2.45) is 0 Å². The second kappa shape index (κ2) is 7.10. The summed E-state index contributed by atoms with van der Waals surface area (Å²) in [4.78, 5) is 12.2. The first-order valence-electron chi connectivity index (χ1n) is 5.85. The second-order valence-corrected chi connectivity index (χ2v) is 5.01. The molecule has 0 aliphatic carbocycles. The molecule has 5 heteroatoms. The minimum absolute atomic E-state index is 0.00245. The lowest BCUT2D eigenvalue weighted by atomic mass is 10.0. The van der Waals surface area contributed by atoms with E-state index >= 15 is 0 Å². The van der Waals surface area contributed by atoms with Crippen LogP contribution in [-0.4, -0.2) is 29.6 Å². The molecule has 0 aliphatic heterocycles. The Kier molecular flexibility index (Phi) is 6.09. The molecule has 2 atom stereocenters. The van der Waals surface area contributed by atoms with E-state index in [2.05, 4.69) is 5.32 Å². The van der Waals surface area contributed by atoms with Crippen LogP contribution >= 0.6 is 23.2 Å². The fraction of sp³-hybridized carbons (Fsp3) is 0.462. The van der Waals surface area contributed by atoms with E-state index in [1.54, 1.807) is 25.1 Å². The van der Waals surface area contributed by atoms with Crippen LogP contribution in [0, 0.1) is 0 Å². The Morgan fingerprint density at radius 1 is 1.44 bits per heavy atom. The van der Waals surface area contributed by atoms with Crippen LogP contribution < -0.4 is 5.32 Å². The number of nitrogens with one attached hydrogen (secondary N) is 1. The van der Waals surface area contributed by atoms with E-state index in [9.17, 15) is 4.79 Å². The fourth-order valence-electron chi connectivity index (χ4n) is 1.65. The summed E-state index contributed by atoms with van der Waals surface area (Å²) in [5, 5.41) is 13.0. The SMILES string of the molecule is CCC(CO)NC(C)C(=O)c1ccc(Cl)cc1Cl. The standard InChI is InChI=1S/C13H17Cl2NO2/c1-3-10(7-17)16-8(2)13(18)11-5-4-9(14)6-12(11)15/h4-6,8,10,16-17H,3,7H2,1-2H3. The van der Waals surface area contributed by atoms with Crippen LogP contribution in [0.1, 0.15) is 30.6 Å². The number of halogens is 2. The summed E-state index contributed by atoms with van der Waals surface area (Å²) in [7, 11) is 0. The maximum absolute atomic E-state index is 12.2. The lowest BCUT2D eigenvalue weighted by Crippen LogP contribution is -2.43. The van der Waals surface area contributed by atoms with Gasteiger partial charge in [-0.05, 0) is 31.5 Å². The number of carbonyl (C=O) groups is 1. The molecule has 2 unspecified atom stereocenters. The van der Waals surface area contributed by atoms with Gasteiger partial charge >= 0.3 is 0 Å². The minimum Gasteiger partial charge on any atom is -0.395 e. The van der Waals surface area contributed by atoms with E-state index in [1.165, 1.54) is 0 Å². The molecular formula is C13H17Cl2NO2. The predicted molar refractivity (Wildman–Crippen MR) is 74.6 cm³/mol. The van der Waals surface area contributed by atoms with Gasteiger partial charge in [-0.25, -0.2) is 0 Å². The topological polar surface area (TPSA) is 49.3 Å². The summed E-state index contributed by atoms with van der Waals surface area (Å²) in [6, 6.07) is 4.31. The summed E-state index contributed by atoms with van der Waals surface area (Å²) in [6.45, 7) is 3.70. The number of Topliss-reactive ketones (excluding diaryl/α,β-unsaturated/α-hetero) is 1. The average molecular weight is 290 g/mol. The molecule has 0 saturated heterocycles. The van der Waals surface area contributed by atoms with Crippen LogP contribution in [0.4, 0.5) is 0 Å². The molecule has 1 aromatic rings. The average Bonchev–Trinajstić information content (AvgIpc) is 2.34. The molecule has 0 amide bonds. The zero-order valence-electron chi connectivity index (χ0n) is 10.4. The van der Waals surface area contributed by atoms with Crippen molar-refractivity contribution in [1.29, 1.82) is 0 Å². The van der Waals surface area contributed by atoms with E-state index in [0.29, 0.717) is 15.6 Å². The fourth-order valence-corrected chi connectivity index (χ4v) is 2.15. The second-order valence-electron chi connectivity index (χ2n) is 4.16. The Labute approximate surface area is 117 Å². The van der Waals surface area contributed by atoms with E-state index < -0.39 is 6.04 Å². The van der Waals surface area contributed by atoms with E-state index in [4.69, 9.17) is 28.3 Å². The number of carbonyl (C=O) groups excluding carboxylic acids is 1. The molecule has 0 radical (unpaired) electrons. The number of benzene rings is 1. The van der Waals surface area contributed by atoms with Gasteiger partial charge in [0.05, 0.1) is 17.7 Å². The van der Waals surface area contributed by atoms with Gasteiger partial charge in [0.15, 0.2) is 5.78 Å². The highest BCUT2D eigenvalue weighted by molar-refractivity contribution is 6.37. The lowest BCUT2D eigenvalue weighted by Gasteiger charge is -2.20. The molecule has 0 spiro atoms. The van der Waals surface area contributed by atoms with Crippen LogP contribution in [0.3, 0.4) is 0 Å². The van der Waals surface area contributed by atoms with Crippen molar-refractivity contribution in [3.05, 3.63) is 33.8 Å². The molecule has 3 nitrogen and oxygen atoms in total. The van der Waals surface area contributed by atoms with Gasteiger partial charge in [0.2, 0.25) is 0 Å². The van der Waals surface area contributed by atoms with Crippen LogP contribution in [0.25, 0.3) is 0 Å². The van der Waals surface area contributed by atoms with Crippen molar-refractivity contribution in [2.45, 2.75) is 32.4 Å². The predicted octanol–water partition coefficient (Wildman–Crippen LogP) is 2.93. The molecule has 0 aromatic heterocycles. The number of aliphatic hydroxyl groups is 1. The van der Waals surface area contributed by atoms with Crippen LogP contribution in [-0.2, 0) is 0 Å². The first-order valence-corrected chi connectivity index (χ1v) is 6.61. The Morgan fingerprint density at radius 2 is 2.11 bits per heavy atom. The van der Waals surface area contributed by atoms with Gasteiger partial charge in [0.25, 0.3) is 0 Å². The molecule has 0 aliphatic rings. The summed E-state index contributed by atoms with van der Waals surface area (Å²) in [6.07, 6.45) is 0.752. The van der Waals surface area contributed by atoms with Gasteiger partial charge in [0.1, 0.15) is 0 Å². The Morgan fingerprint density at radius 3 is 2.61 bits per heavy atom. The first kappa shape index (κ1) is 15.4. The molecule has 0 bridgehead atoms. The van der Waals surface area contributed by atoms with Crippen molar-refractivity contribution in [3.63, 3.8) is 0 Å². The van der Waals surface area contributed by atoms with Crippen LogP contribution in [0.15, 0.2) is 18.2 Å². The summed E-state index contributed by atoms with van der Waals surface area (Å²) in [5.74, 6) is -0.108. The van der Waals surface area contributed by atoms with Crippen molar-refractivity contribution >= 4 is 29.0 Å². The van der Waals surface area contributed by atoms with Crippen molar-refractivity contribution in [2.75, 3.05) is 6.61 Å². The third-order valence-corrected chi connectivity index (χ3v) is 3.34. The Balaban J connectivity index is 2.80. The normalized spacial score (nSPS) is 14.3. The summed E-state index contributed by atoms with van der Waals surface area (Å²) in [5.41, 5.74) is 0.439. The molecule has 2 N–H and O–H groups in total. The molecule has 18 heavy (non-hydrogen) atoms. The molecule has 0 fully saturated rings. The van der Waals surface area contributed by atoms with E-state index in [-0.39, 0.29) is 18.4 Å². The molecular weight excluding hydrogens is 273 g/mol. The van der Waals surface area contributed by atoms with Crippen molar-refractivity contribution < 1.29 is 9.90 Å². The molecule has 0 heterocycles. The zero-order valence-corrected chi connectivity index (χ0v) is 11.9. The largest absolute Gasteiger partial charge is 0.395 e. The minimum atomic E-state index is -0.402. The number of aliphatic hydroxyl groups excluding tert-OH is 1. The van der Waals surface area contributed by atoms with Crippen LogP contribution in [0.2, 0.25) is 10.0 Å². The number of ketones is 1. The van der Waals surface area contributed by atoms with Gasteiger partial charge in [-0.15, -0.1) is 0 Å². The maximum atomic E-state index is 12.2. The summed E-state index contributed by atoms with van der Waals surface area (Å²) >= 11 is 11.8. The van der Waals surface area contributed by atoms with E-state index in [0.717, 1.165) is 6.42 Å². The number of hydrogen-bond acceptors (Lipinski definition) is 3. The van der Waals surface area contributed by atoms with Gasteiger partial charge in [-0.3, -0.25) is 4.79 Å². The summed E-state index contributed by atoms with van der Waals surface area (Å²) < 4.78 is 0. The van der Waals surface area contributed by atoms with Crippen LogP contribution in [0.5, 0.6) is 0 Å². The Hall–Kier alpha value is -0.610. The molecule has 1 aromatic carbocycles. The van der Waals surface area contributed by atoms with Gasteiger partial charge in [-0.2, -0.15) is 0 Å². The zero-order chi connectivity index (χ0) is 13.7. The quantitative estimate of drug-likeness (QED) is 0.792. The smallest absolute Gasteiger partial charge is 0.180 e. The molecule has 100 valence electrons. The van der Waals surface area contributed by atoms with Crippen molar-refractivity contribution in [1.82, 2.24) is 5.32 Å². The highest BCUT2D eigenvalue weighted by Crippen LogP contribution is 2.22. The van der Waals surface area contributed by atoms with Gasteiger partial charge in [-0.1, -0.05) is 30.1 Å². The van der Waals surface area contributed by atoms with Crippen molar-refractivity contribution in [3.8, 4) is 0 Å². The lowest BCUT2D eigenvalue weighted by molar-refractivity contribution is 0.0936. The third kappa shape index (κ3) is 3.95. The van der Waals surface area contributed by atoms with Gasteiger partial charge < -0.3 is 10.4 Å². The molecule has 1 rings (SSSR count). The monoisotopic (exact) mass is 289 g/mol. The Bertz CT molecular complexity index is 419. The number of hydrogen-bond donors (Lipinski definition) is 2. The van der Waals surface area contributed by atoms with Gasteiger partial charge in [0, 0.05) is 16.6 Å². The van der Waals surface area contributed by atoms with E-state index in [1.807, 2.05) is 6.92 Å². The number of rotatable bonds is 6.